The summed E-state index contributed by atoms with van der Waals surface area (Å²) in [5.74, 6) is -0.222. The number of rotatable bonds is 7. The van der Waals surface area contributed by atoms with Crippen molar-refractivity contribution in [2.24, 2.45) is 0 Å². The lowest BCUT2D eigenvalue weighted by atomic mass is 9.89. The molecule has 2 aromatic rings. The summed E-state index contributed by atoms with van der Waals surface area (Å²) in [7, 11) is 2.03. The molecule has 3 N–H and O–H groups in total. The summed E-state index contributed by atoms with van der Waals surface area (Å²) in [6.07, 6.45) is 4.52. The summed E-state index contributed by atoms with van der Waals surface area (Å²) in [4.78, 5) is 30.6. The van der Waals surface area contributed by atoms with Crippen molar-refractivity contribution >= 4 is 23.2 Å². The van der Waals surface area contributed by atoms with Gasteiger partial charge < -0.3 is 20.5 Å². The molecule has 1 fully saturated rings. The Balaban J connectivity index is 1.82. The van der Waals surface area contributed by atoms with Crippen molar-refractivity contribution in [2.45, 2.75) is 72.0 Å². The molecule has 0 bridgehead atoms. The van der Waals surface area contributed by atoms with Crippen molar-refractivity contribution in [1.82, 2.24) is 15.6 Å². The Bertz CT molecular complexity index is 1030. The lowest BCUT2D eigenvalue weighted by Gasteiger charge is -2.39. The first-order valence-electron chi connectivity index (χ1n) is 11.5. The zero-order valence-corrected chi connectivity index (χ0v) is 20.5. The van der Waals surface area contributed by atoms with Crippen LogP contribution in [0.2, 0.25) is 5.02 Å². The normalized spacial score (nSPS) is 18.4. The van der Waals surface area contributed by atoms with Crippen LogP contribution in [0.4, 0.5) is 5.69 Å². The van der Waals surface area contributed by atoms with Crippen LogP contribution in [0.3, 0.4) is 0 Å². The minimum atomic E-state index is -0.222. The fourth-order valence-corrected chi connectivity index (χ4v) is 5.08. The van der Waals surface area contributed by atoms with Crippen molar-refractivity contribution in [3.05, 3.63) is 61.5 Å². The molecule has 0 spiro atoms. The van der Waals surface area contributed by atoms with Gasteiger partial charge in [-0.15, -0.1) is 0 Å². The maximum atomic E-state index is 13.1. The number of nitrogens with zero attached hydrogens (tertiary/aromatic N) is 1. The number of carbonyl (C=O) groups excluding carboxylic acids is 1. The molecule has 1 aliphatic carbocycles. The van der Waals surface area contributed by atoms with Gasteiger partial charge in [0.15, 0.2) is 0 Å². The van der Waals surface area contributed by atoms with Crippen LogP contribution in [0.1, 0.15) is 65.3 Å². The molecule has 1 aromatic heterocycles. The number of hydrogen-bond donors (Lipinski definition) is 3. The van der Waals surface area contributed by atoms with E-state index in [1.807, 2.05) is 40.0 Å². The number of aromatic nitrogens is 1. The fraction of sp³-hybridized carbons (Fsp3) is 0.520. The first-order valence-corrected chi connectivity index (χ1v) is 11.8. The molecule has 3 rings (SSSR count). The van der Waals surface area contributed by atoms with E-state index in [-0.39, 0.29) is 18.0 Å². The third-order valence-corrected chi connectivity index (χ3v) is 6.92. The quantitative estimate of drug-likeness (QED) is 0.580. The molecule has 1 aromatic carbocycles. The van der Waals surface area contributed by atoms with Gasteiger partial charge in [-0.3, -0.25) is 9.59 Å². The van der Waals surface area contributed by atoms with E-state index in [1.54, 1.807) is 6.07 Å². The van der Waals surface area contributed by atoms with Crippen molar-refractivity contribution in [3.63, 3.8) is 0 Å². The highest BCUT2D eigenvalue weighted by Crippen LogP contribution is 2.33. The number of halogens is 1. The molecular weight excluding hydrogens is 424 g/mol. The van der Waals surface area contributed by atoms with Gasteiger partial charge in [-0.2, -0.15) is 0 Å². The Kier molecular flexibility index (Phi) is 8.01. The molecule has 1 saturated carbocycles. The van der Waals surface area contributed by atoms with Gasteiger partial charge in [0.2, 0.25) is 0 Å². The van der Waals surface area contributed by atoms with Gasteiger partial charge in [0.1, 0.15) is 0 Å². The molecular formula is C25H35ClN4O2. The summed E-state index contributed by atoms with van der Waals surface area (Å²) in [5, 5.41) is 6.85. The van der Waals surface area contributed by atoms with Gasteiger partial charge in [-0.1, -0.05) is 11.6 Å². The average Bonchev–Trinajstić information content (AvgIpc) is 2.75. The van der Waals surface area contributed by atoms with E-state index in [9.17, 15) is 9.59 Å². The summed E-state index contributed by atoms with van der Waals surface area (Å²) in [5.41, 5.74) is 4.56. The molecule has 1 amide bonds. The second kappa shape index (κ2) is 10.5. The lowest BCUT2D eigenvalue weighted by Crippen LogP contribution is -2.42. The maximum absolute atomic E-state index is 13.1. The van der Waals surface area contributed by atoms with Crippen LogP contribution in [-0.4, -0.2) is 36.6 Å². The van der Waals surface area contributed by atoms with Crippen LogP contribution in [0.5, 0.6) is 0 Å². The molecule has 1 aliphatic rings. The molecule has 32 heavy (non-hydrogen) atoms. The molecule has 0 unspecified atom stereocenters. The van der Waals surface area contributed by atoms with Crippen LogP contribution in [0.15, 0.2) is 23.0 Å². The van der Waals surface area contributed by atoms with E-state index in [1.165, 1.54) is 0 Å². The van der Waals surface area contributed by atoms with E-state index in [4.69, 9.17) is 11.6 Å². The van der Waals surface area contributed by atoms with Crippen LogP contribution >= 0.6 is 11.6 Å². The average molecular weight is 459 g/mol. The van der Waals surface area contributed by atoms with Crippen LogP contribution < -0.4 is 21.1 Å². The van der Waals surface area contributed by atoms with Crippen LogP contribution in [0.25, 0.3) is 0 Å². The monoisotopic (exact) mass is 458 g/mol. The SMILES string of the molecule is CCN(c1cc(Cl)cc(C(=O)NCc2c(C)cc(C)[nH]c2=O)c1C)[C@H]1CC[C@H](NC)CC1. The second-order valence-corrected chi connectivity index (χ2v) is 9.24. The smallest absolute Gasteiger partial charge is 0.253 e. The van der Waals surface area contributed by atoms with Crippen molar-refractivity contribution in [3.8, 4) is 0 Å². The second-order valence-electron chi connectivity index (χ2n) is 8.80. The minimum Gasteiger partial charge on any atom is -0.369 e. The van der Waals surface area contributed by atoms with Crippen molar-refractivity contribution in [1.29, 1.82) is 0 Å². The Morgan fingerprint density at radius 2 is 1.84 bits per heavy atom. The van der Waals surface area contributed by atoms with Gasteiger partial charge in [-0.05, 0) is 89.8 Å². The third kappa shape index (κ3) is 5.36. The number of benzene rings is 1. The number of H-pyrrole nitrogens is 1. The summed E-state index contributed by atoms with van der Waals surface area (Å²) in [6.45, 7) is 8.89. The number of aromatic amines is 1. The van der Waals surface area contributed by atoms with E-state index < -0.39 is 0 Å². The lowest BCUT2D eigenvalue weighted by molar-refractivity contribution is 0.0950. The van der Waals surface area contributed by atoms with Crippen LogP contribution in [0, 0.1) is 20.8 Å². The minimum absolute atomic E-state index is 0.166. The molecule has 6 nitrogen and oxygen atoms in total. The van der Waals surface area contributed by atoms with Crippen molar-refractivity contribution in [2.75, 3.05) is 18.5 Å². The van der Waals surface area contributed by atoms with Gasteiger partial charge in [-0.25, -0.2) is 0 Å². The number of nitrogens with one attached hydrogen (secondary N) is 3. The van der Waals surface area contributed by atoms with E-state index in [2.05, 4.69) is 27.4 Å². The van der Waals surface area contributed by atoms with Gasteiger partial charge in [0.25, 0.3) is 11.5 Å². The van der Waals surface area contributed by atoms with Gasteiger partial charge in [0.05, 0.1) is 0 Å². The Morgan fingerprint density at radius 1 is 1.16 bits per heavy atom. The molecule has 0 saturated heterocycles. The van der Waals surface area contributed by atoms with Crippen molar-refractivity contribution < 1.29 is 4.79 Å². The number of pyridine rings is 1. The molecule has 7 heteroatoms. The highest BCUT2D eigenvalue weighted by Gasteiger charge is 2.27. The van der Waals surface area contributed by atoms with E-state index in [0.717, 1.165) is 54.7 Å². The summed E-state index contributed by atoms with van der Waals surface area (Å²) in [6, 6.07) is 6.61. The summed E-state index contributed by atoms with van der Waals surface area (Å²) < 4.78 is 0. The Hall–Kier alpha value is -2.31. The first-order chi connectivity index (χ1) is 15.2. The first kappa shape index (κ1) is 24.3. The number of hydrogen-bond acceptors (Lipinski definition) is 4. The molecule has 0 atom stereocenters. The zero-order chi connectivity index (χ0) is 23.4. The fourth-order valence-electron chi connectivity index (χ4n) is 4.87. The van der Waals surface area contributed by atoms with Gasteiger partial charge >= 0.3 is 0 Å². The van der Waals surface area contributed by atoms with Gasteiger partial charge in [0, 0.05) is 52.7 Å². The largest absolute Gasteiger partial charge is 0.369 e. The highest BCUT2D eigenvalue weighted by atomic mass is 35.5. The molecule has 0 aliphatic heterocycles. The predicted molar refractivity (Wildman–Crippen MR) is 132 cm³/mol. The number of carbonyl (C=O) groups is 1. The molecule has 0 radical (unpaired) electrons. The standard InChI is InChI=1S/C25H35ClN4O2/c1-6-30(20-9-7-19(27-5)8-10-20)23-13-18(26)12-21(17(23)4)24(31)28-14-22-15(2)11-16(3)29-25(22)32/h11-13,19-20,27H,6-10,14H2,1-5H3,(H,28,31)(H,29,32)/t19-,20-. The predicted octanol–water partition coefficient (Wildman–Crippen LogP) is 4.24. The number of amides is 1. The van der Waals surface area contributed by atoms with E-state index >= 15 is 0 Å². The Morgan fingerprint density at radius 3 is 2.44 bits per heavy atom. The zero-order valence-electron chi connectivity index (χ0n) is 19.8. The number of anilines is 1. The topological polar surface area (TPSA) is 77.2 Å². The third-order valence-electron chi connectivity index (χ3n) is 6.71. The van der Waals surface area contributed by atoms with Crippen LogP contribution in [-0.2, 0) is 6.54 Å². The number of aryl methyl sites for hydroxylation is 2. The van der Waals surface area contributed by atoms with E-state index in [0.29, 0.717) is 28.2 Å². The molecule has 174 valence electrons. The maximum Gasteiger partial charge on any atom is 0.253 e. The highest BCUT2D eigenvalue weighted by molar-refractivity contribution is 6.31. The Labute approximate surface area is 195 Å². The summed E-state index contributed by atoms with van der Waals surface area (Å²) >= 11 is 6.47. The molecule has 1 heterocycles.